The van der Waals surface area contributed by atoms with Crippen LogP contribution in [0.5, 0.6) is 0 Å². The van der Waals surface area contributed by atoms with Gasteiger partial charge >= 0.3 is 35.5 Å². The number of carboxylic acid groups (broad SMARTS) is 1. The number of carboxylic acids is 1. The van der Waals surface area contributed by atoms with Crippen molar-refractivity contribution in [2.24, 2.45) is 0 Å². The largest absolute Gasteiger partial charge is 1.00 e. The summed E-state index contributed by atoms with van der Waals surface area (Å²) >= 11 is 2.44. The topological polar surface area (TPSA) is 155 Å². The minimum absolute atomic E-state index is 0. The average molecular weight is 523 g/mol. The molecular weight excluding hydrogens is 503 g/mol. The molecule has 2 atom stereocenters. The van der Waals surface area contributed by atoms with Crippen molar-refractivity contribution in [3.8, 4) is 0 Å². The van der Waals surface area contributed by atoms with Crippen molar-refractivity contribution in [3.05, 3.63) is 58.2 Å². The first-order valence-electron chi connectivity index (χ1n) is 10.1. The van der Waals surface area contributed by atoms with Gasteiger partial charge in [0.25, 0.3) is 11.8 Å². The van der Waals surface area contributed by atoms with E-state index in [1.54, 1.807) is 11.5 Å². The number of hydrogen-bond acceptors (Lipinski definition) is 10. The maximum Gasteiger partial charge on any atom is 1.00 e. The predicted molar refractivity (Wildman–Crippen MR) is 125 cm³/mol. The van der Waals surface area contributed by atoms with Crippen molar-refractivity contribution in [2.45, 2.75) is 18.3 Å². The van der Waals surface area contributed by atoms with E-state index in [9.17, 15) is 24.3 Å². The molecule has 2 aromatic rings. The van der Waals surface area contributed by atoms with Crippen molar-refractivity contribution in [3.63, 3.8) is 0 Å². The third-order valence-electron chi connectivity index (χ3n) is 5.13. The van der Waals surface area contributed by atoms with Gasteiger partial charge in [-0.15, -0.1) is 23.1 Å². The molecular formula is C22H19N4NaO6S2. The first-order valence-corrected chi connectivity index (χ1v) is 12.0. The number of nitrogens with one attached hydrogen (secondary N) is 1. The Balaban J connectivity index is 0.00000342. The van der Waals surface area contributed by atoms with Crippen molar-refractivity contribution < 1.29 is 58.6 Å². The van der Waals surface area contributed by atoms with Gasteiger partial charge in [-0.3, -0.25) is 19.3 Å². The van der Waals surface area contributed by atoms with E-state index in [1.165, 1.54) is 30.0 Å². The number of hydrogen-bond donors (Lipinski definition) is 2. The number of aliphatic carboxylic acids is 1. The molecule has 2 aliphatic heterocycles. The average Bonchev–Trinajstić information content (AvgIpc) is 3.25. The van der Waals surface area contributed by atoms with Gasteiger partial charge in [0.05, 0.1) is 22.9 Å². The normalized spacial score (nSPS) is 19.3. The molecule has 3 heterocycles. The van der Waals surface area contributed by atoms with E-state index >= 15 is 0 Å². The Morgan fingerprint density at radius 2 is 2.03 bits per heavy atom. The molecule has 4 rings (SSSR count). The van der Waals surface area contributed by atoms with Crippen molar-refractivity contribution >= 4 is 63.6 Å². The molecule has 1 fully saturated rings. The molecule has 3 N–H and O–H groups in total. The maximum atomic E-state index is 13.2. The summed E-state index contributed by atoms with van der Waals surface area (Å²) < 4.78 is 4.90. The molecule has 2 aliphatic rings. The van der Waals surface area contributed by atoms with Crippen LogP contribution in [0.4, 0.5) is 5.13 Å². The van der Waals surface area contributed by atoms with Gasteiger partial charge in [-0.25, -0.2) is 4.98 Å². The zero-order valence-corrected chi connectivity index (χ0v) is 22.5. The summed E-state index contributed by atoms with van der Waals surface area (Å²) in [5.41, 5.74) is 7.02. The van der Waals surface area contributed by atoms with E-state index in [1.807, 2.05) is 30.3 Å². The third kappa shape index (κ3) is 5.78. The Morgan fingerprint density at radius 3 is 2.63 bits per heavy atom. The number of benzene rings is 1. The van der Waals surface area contributed by atoms with Crippen LogP contribution in [0.1, 0.15) is 18.2 Å². The van der Waals surface area contributed by atoms with Crippen molar-refractivity contribution in [1.82, 2.24) is 15.2 Å². The van der Waals surface area contributed by atoms with Gasteiger partial charge in [-0.1, -0.05) is 30.3 Å². The van der Waals surface area contributed by atoms with Crippen LogP contribution in [-0.4, -0.2) is 57.4 Å². The van der Waals surface area contributed by atoms with Gasteiger partial charge in [0, 0.05) is 23.6 Å². The second-order valence-electron chi connectivity index (χ2n) is 7.42. The van der Waals surface area contributed by atoms with Crippen molar-refractivity contribution in [2.75, 3.05) is 18.1 Å². The van der Waals surface area contributed by atoms with E-state index in [4.69, 9.17) is 10.5 Å². The zero-order valence-electron chi connectivity index (χ0n) is 18.8. The van der Waals surface area contributed by atoms with Crippen LogP contribution in [0, 0.1) is 0 Å². The number of carbonyl (C=O) groups excluding carboxylic acids is 4. The Hall–Kier alpha value is -2.64. The maximum absolute atomic E-state index is 13.2. The van der Waals surface area contributed by atoms with Crippen molar-refractivity contribution in [1.29, 1.82) is 0 Å². The molecule has 0 saturated carbocycles. The minimum atomic E-state index is -1.55. The summed E-state index contributed by atoms with van der Waals surface area (Å²) in [6.45, 7) is 0.948. The Labute approximate surface area is 230 Å². The summed E-state index contributed by atoms with van der Waals surface area (Å²) in [6, 6.07) is 8.18. The number of thioether (sulfide) groups is 1. The quantitative estimate of drug-likeness (QED) is 0.170. The van der Waals surface area contributed by atoms with Crippen LogP contribution in [0.15, 0.2) is 47.0 Å². The van der Waals surface area contributed by atoms with Gasteiger partial charge in [0.15, 0.2) is 5.13 Å². The molecule has 35 heavy (non-hydrogen) atoms. The first-order chi connectivity index (χ1) is 16.3. The number of anilines is 1. The van der Waals surface area contributed by atoms with Crippen LogP contribution < -0.4 is 45.7 Å². The van der Waals surface area contributed by atoms with Gasteiger partial charge < -0.3 is 25.7 Å². The van der Waals surface area contributed by atoms with Crippen LogP contribution in [-0.2, 0) is 23.9 Å². The molecule has 1 aromatic carbocycles. The number of nitrogens with zero attached hydrogens (tertiary/aromatic N) is 2. The van der Waals surface area contributed by atoms with E-state index < -0.39 is 35.2 Å². The molecule has 0 bridgehead atoms. The Bertz CT molecular complexity index is 1230. The predicted octanol–water partition coefficient (Wildman–Crippen LogP) is -2.76. The number of esters is 1. The fourth-order valence-corrected chi connectivity index (χ4v) is 5.46. The fourth-order valence-electron chi connectivity index (χ4n) is 3.57. The number of fused-ring (bicyclic) bond motifs is 1. The minimum Gasteiger partial charge on any atom is -0.543 e. The number of carbonyl (C=O) groups is 4. The van der Waals surface area contributed by atoms with Gasteiger partial charge in [0.1, 0.15) is 18.0 Å². The Morgan fingerprint density at radius 1 is 1.31 bits per heavy atom. The molecule has 176 valence electrons. The van der Waals surface area contributed by atoms with Crippen LogP contribution in [0.3, 0.4) is 0 Å². The van der Waals surface area contributed by atoms with Gasteiger partial charge in [-0.05, 0) is 11.6 Å². The molecule has 1 saturated heterocycles. The zero-order chi connectivity index (χ0) is 24.4. The summed E-state index contributed by atoms with van der Waals surface area (Å²) in [6.07, 6.45) is 1.64. The second kappa shape index (κ2) is 11.4. The molecule has 0 radical (unpaired) electrons. The number of thiazole rings is 1. The third-order valence-corrected chi connectivity index (χ3v) is 7.14. The number of nitrogens with two attached hydrogens (primary N) is 1. The van der Waals surface area contributed by atoms with E-state index in [-0.39, 0.29) is 58.8 Å². The SMILES string of the molecule is CC(=O)OCC1=C(C(=O)[O-])N2C(=O)C(NC(=O)/C(=C\c3ccccc3)c3csc(N)n3)[C@@H]2SC1.[Na+]. The van der Waals surface area contributed by atoms with Gasteiger partial charge in [-0.2, -0.15) is 0 Å². The van der Waals surface area contributed by atoms with Crippen LogP contribution in [0.25, 0.3) is 11.6 Å². The summed E-state index contributed by atoms with van der Waals surface area (Å²) in [7, 11) is 0. The smallest absolute Gasteiger partial charge is 0.543 e. The van der Waals surface area contributed by atoms with E-state index in [0.29, 0.717) is 10.8 Å². The summed E-state index contributed by atoms with van der Waals surface area (Å²) in [5.74, 6) is -3.06. The Kier molecular flexibility index (Phi) is 8.78. The fraction of sp³-hybridized carbons (Fsp3) is 0.227. The molecule has 10 nitrogen and oxygen atoms in total. The number of ether oxygens (including phenoxy) is 1. The summed E-state index contributed by atoms with van der Waals surface area (Å²) in [5, 5.41) is 15.7. The standard InChI is InChI=1S/C22H20N4O6S2.Na/c1-11(27)32-8-13-9-33-20-16(19(29)26(20)17(13)21(30)31)25-18(28)14(15-10-34-22(23)24-15)7-12-5-3-2-4-6-12;/h2-7,10,16,20H,8-9H2,1H3,(H2,23,24)(H,25,28)(H,30,31);/q;+1/p-1/b14-7-;/t16?,20-;/m0./s1. The first kappa shape index (κ1) is 27.0. The molecule has 1 unspecified atom stereocenters. The summed E-state index contributed by atoms with van der Waals surface area (Å²) in [4.78, 5) is 54.2. The number of rotatable bonds is 7. The molecule has 1 aromatic heterocycles. The second-order valence-corrected chi connectivity index (χ2v) is 9.42. The molecule has 0 aliphatic carbocycles. The van der Waals surface area contributed by atoms with Crippen LogP contribution in [0.2, 0.25) is 0 Å². The number of aromatic nitrogens is 1. The molecule has 13 heteroatoms. The number of nitrogen functional groups attached to an aromatic ring is 1. The number of amides is 2. The number of β-lactam (4-membered cyclic amide) rings is 1. The van der Waals surface area contributed by atoms with Gasteiger partial charge in [0.2, 0.25) is 0 Å². The monoisotopic (exact) mass is 522 g/mol. The molecule has 0 spiro atoms. The van der Waals surface area contributed by atoms with Crippen LogP contribution >= 0.6 is 23.1 Å². The van der Waals surface area contributed by atoms with E-state index in [2.05, 4.69) is 10.3 Å². The molecule has 2 amide bonds. The van der Waals surface area contributed by atoms with E-state index in [0.717, 1.165) is 10.5 Å².